The highest BCUT2D eigenvalue weighted by molar-refractivity contribution is 6.39. The van der Waals surface area contributed by atoms with Crippen LogP contribution in [0.5, 0.6) is 0 Å². The van der Waals surface area contributed by atoms with Crippen molar-refractivity contribution in [1.29, 1.82) is 0 Å². The summed E-state index contributed by atoms with van der Waals surface area (Å²) < 4.78 is 23.1. The van der Waals surface area contributed by atoms with E-state index in [4.69, 9.17) is 18.9 Å². The predicted octanol–water partition coefficient (Wildman–Crippen LogP) is 7.09. The van der Waals surface area contributed by atoms with E-state index in [0.29, 0.717) is 63.0 Å². The van der Waals surface area contributed by atoms with Crippen LogP contribution in [0.4, 0.5) is 0 Å². The summed E-state index contributed by atoms with van der Waals surface area (Å²) in [6.07, 6.45) is 17.2. The van der Waals surface area contributed by atoms with E-state index in [1.165, 1.54) is 10.5 Å². The first-order valence-corrected chi connectivity index (χ1v) is 24.0. The number of ether oxygens (including phenoxy) is 4. The van der Waals surface area contributed by atoms with Crippen molar-refractivity contribution in [2.45, 2.75) is 193 Å². The molecule has 0 spiro atoms. The van der Waals surface area contributed by atoms with E-state index < -0.39 is 53.7 Å². The molecule has 4 rings (SSSR count). The number of carbonyl (C=O) groups excluding carboxylic acids is 5. The van der Waals surface area contributed by atoms with Crippen LogP contribution in [0.25, 0.3) is 0 Å². The zero-order valence-corrected chi connectivity index (χ0v) is 39.9. The molecule has 13 nitrogen and oxygen atoms in total. The number of aliphatic hydroxyl groups is 3. The fourth-order valence-corrected chi connectivity index (χ4v) is 9.18. The second-order valence-corrected chi connectivity index (χ2v) is 19.5. The zero-order chi connectivity index (χ0) is 47.1. The minimum atomic E-state index is -2.27. The minimum absolute atomic E-state index is 0.0510. The summed E-state index contributed by atoms with van der Waals surface area (Å²) in [5.74, 6) is -6.24. The minimum Gasteiger partial charge on any atom is -0.460 e. The molecule has 2 saturated heterocycles. The van der Waals surface area contributed by atoms with Crippen LogP contribution in [0, 0.1) is 29.6 Å². The van der Waals surface area contributed by atoms with Gasteiger partial charge in [-0.25, -0.2) is 4.79 Å². The largest absolute Gasteiger partial charge is 0.460 e. The van der Waals surface area contributed by atoms with Gasteiger partial charge in [-0.15, -0.1) is 0 Å². The number of likely N-dealkylation sites (tertiary alicyclic amines) is 1. The Morgan fingerprint density at radius 1 is 0.906 bits per heavy atom. The lowest BCUT2D eigenvalue weighted by atomic mass is 9.78. The Morgan fingerprint density at radius 2 is 1.64 bits per heavy atom. The maximum atomic E-state index is 14.0. The fraction of sp³-hybridized carbons (Fsp3) is 0.745. The molecular weight excluding hydrogens is 819 g/mol. The van der Waals surface area contributed by atoms with Gasteiger partial charge in [-0.3, -0.25) is 19.2 Å². The topological polar surface area (TPSA) is 186 Å². The number of piperidine rings is 1. The van der Waals surface area contributed by atoms with Crippen molar-refractivity contribution in [1.82, 2.24) is 4.90 Å². The summed E-state index contributed by atoms with van der Waals surface area (Å²) in [5.41, 5.74) is 1.67. The van der Waals surface area contributed by atoms with E-state index in [1.807, 2.05) is 32.1 Å². The van der Waals surface area contributed by atoms with Gasteiger partial charge in [0, 0.05) is 44.8 Å². The van der Waals surface area contributed by atoms with Gasteiger partial charge in [0.05, 0.1) is 37.1 Å². The third-order valence-corrected chi connectivity index (χ3v) is 14.0. The maximum absolute atomic E-state index is 14.0. The van der Waals surface area contributed by atoms with Gasteiger partial charge < -0.3 is 39.2 Å². The van der Waals surface area contributed by atoms with Gasteiger partial charge in [0.25, 0.3) is 11.7 Å². The van der Waals surface area contributed by atoms with E-state index in [2.05, 4.69) is 32.9 Å². The zero-order valence-electron chi connectivity index (χ0n) is 39.9. The molecule has 7 unspecified atom stereocenters. The Bertz CT molecular complexity index is 1700. The van der Waals surface area contributed by atoms with Crippen LogP contribution in [0.3, 0.4) is 0 Å². The molecule has 12 atom stereocenters. The molecular formula is C51H79NO12. The normalized spacial score (nSPS) is 28.9. The van der Waals surface area contributed by atoms with E-state index in [1.54, 1.807) is 27.0 Å². The van der Waals surface area contributed by atoms with Crippen LogP contribution >= 0.6 is 0 Å². The van der Waals surface area contributed by atoms with Crippen molar-refractivity contribution < 1.29 is 58.2 Å². The summed E-state index contributed by atoms with van der Waals surface area (Å²) in [4.78, 5) is 69.2. The molecule has 4 aliphatic rings. The third-order valence-electron chi connectivity index (χ3n) is 14.0. The molecule has 2 aliphatic carbocycles. The number of nitrogens with zero attached hydrogens (tertiary/aromatic N) is 1. The number of esters is 1. The van der Waals surface area contributed by atoms with Gasteiger partial charge in [-0.2, -0.15) is 0 Å². The Balaban J connectivity index is 1.35. The SMILES string of the molecule is CO[C@@H]1C[C@H](C[C@@H](C)[C@H](CC(=O)C/C=C(\C)C(O)CC(=O)C(C)C[C@H](C)C=C/C=C/C=C(\C)C(C)OC2CC2)OC(=O)C2CCCCN2C(=O)C(=O)C2(O)OCCCC2C)CCC1O. The molecule has 0 radical (unpaired) electrons. The molecule has 0 aromatic carbocycles. The number of carbonyl (C=O) groups is 5. The van der Waals surface area contributed by atoms with Crippen LogP contribution in [-0.2, 0) is 42.9 Å². The molecule has 0 bridgehead atoms. The van der Waals surface area contributed by atoms with E-state index >= 15 is 0 Å². The lowest BCUT2D eigenvalue weighted by Gasteiger charge is -2.39. The number of methoxy groups -OCH3 is 1. The fourth-order valence-electron chi connectivity index (χ4n) is 9.18. The quantitative estimate of drug-likeness (QED) is 0.0387. The van der Waals surface area contributed by atoms with Gasteiger partial charge >= 0.3 is 5.97 Å². The molecule has 360 valence electrons. The van der Waals surface area contributed by atoms with Crippen LogP contribution in [-0.4, -0.2) is 118 Å². The smallest absolute Gasteiger partial charge is 0.329 e. The van der Waals surface area contributed by atoms with Crippen molar-refractivity contribution in [2.24, 2.45) is 29.6 Å². The van der Waals surface area contributed by atoms with Crippen molar-refractivity contribution >= 4 is 29.2 Å². The average Bonchev–Trinajstić information content (AvgIpc) is 4.10. The molecule has 2 aliphatic heterocycles. The molecule has 3 N–H and O–H groups in total. The Kier molecular flexibility index (Phi) is 21.3. The highest BCUT2D eigenvalue weighted by atomic mass is 16.6. The lowest BCUT2D eigenvalue weighted by Crippen LogP contribution is -2.59. The first-order valence-electron chi connectivity index (χ1n) is 24.0. The molecule has 2 saturated carbocycles. The maximum Gasteiger partial charge on any atom is 0.329 e. The van der Waals surface area contributed by atoms with Crippen molar-refractivity contribution in [2.75, 3.05) is 20.3 Å². The van der Waals surface area contributed by atoms with E-state index in [0.717, 1.165) is 19.3 Å². The number of hydrogen-bond donors (Lipinski definition) is 3. The predicted molar refractivity (Wildman–Crippen MR) is 244 cm³/mol. The highest BCUT2D eigenvalue weighted by Gasteiger charge is 2.51. The average molecular weight is 898 g/mol. The number of aliphatic hydroxyl groups excluding tert-OH is 2. The number of rotatable bonds is 24. The molecule has 0 aromatic rings. The van der Waals surface area contributed by atoms with Crippen LogP contribution in [0.15, 0.2) is 47.6 Å². The first-order chi connectivity index (χ1) is 30.3. The van der Waals surface area contributed by atoms with Gasteiger partial charge in [0.2, 0.25) is 5.79 Å². The Labute approximate surface area is 382 Å². The summed E-state index contributed by atoms with van der Waals surface area (Å²) in [6, 6.07) is -1.08. The summed E-state index contributed by atoms with van der Waals surface area (Å²) in [5, 5.41) is 32.5. The van der Waals surface area contributed by atoms with E-state index in [-0.39, 0.29) is 86.3 Å². The second kappa shape index (κ2) is 25.5. The number of hydrogen-bond acceptors (Lipinski definition) is 12. The van der Waals surface area contributed by atoms with Gasteiger partial charge in [-0.05, 0) is 127 Å². The number of ketones is 3. The van der Waals surface area contributed by atoms with Crippen molar-refractivity contribution in [3.05, 3.63) is 47.6 Å². The monoisotopic (exact) mass is 898 g/mol. The lowest BCUT2D eigenvalue weighted by molar-refractivity contribution is -0.241. The Morgan fingerprint density at radius 3 is 2.33 bits per heavy atom. The standard InChI is InChI=1S/C51H79NO12/c1-32(15-10-9-11-16-33(2)38(7)63-41-22-23-41)27-35(4)45(56)31-44(55)34(3)19-21-40(53)30-46(36(5)28-39-20-24-43(54)47(29-39)61-8)64-50(59)42-18-12-13-25-52(42)49(58)48(57)51(60)37(6)17-14-26-62-51/h9-11,15-16,19,32,35-39,41-44,46-47,54-55,60H,12-14,17-18,20-31H2,1-8H3/b11-9+,15-10?,33-16+,34-19+/t32-,35?,36-,37?,38?,39+,42?,43?,44?,46+,47-,51?/m1/s1. The third kappa shape index (κ3) is 15.9. The highest BCUT2D eigenvalue weighted by Crippen LogP contribution is 2.35. The summed E-state index contributed by atoms with van der Waals surface area (Å²) in [7, 11) is 1.57. The number of Topliss-reactive ketones (excluding diaryl/α,β-unsaturated/α-hetero) is 3. The molecule has 1 amide bonds. The molecule has 64 heavy (non-hydrogen) atoms. The summed E-state index contributed by atoms with van der Waals surface area (Å²) in [6.45, 7) is 13.6. The molecule has 13 heteroatoms. The number of allylic oxidation sites excluding steroid dienone is 6. The van der Waals surface area contributed by atoms with Crippen molar-refractivity contribution in [3.8, 4) is 0 Å². The molecule has 2 heterocycles. The number of amides is 1. The molecule has 4 fully saturated rings. The second-order valence-electron chi connectivity index (χ2n) is 19.5. The van der Waals surface area contributed by atoms with Crippen molar-refractivity contribution in [3.63, 3.8) is 0 Å². The van der Waals surface area contributed by atoms with Crippen LogP contribution in [0.1, 0.15) is 145 Å². The first kappa shape index (κ1) is 53.3. The van der Waals surface area contributed by atoms with Gasteiger partial charge in [0.15, 0.2) is 0 Å². The van der Waals surface area contributed by atoms with Crippen LogP contribution < -0.4 is 0 Å². The van der Waals surface area contributed by atoms with Gasteiger partial charge in [-0.1, -0.05) is 64.2 Å². The summed E-state index contributed by atoms with van der Waals surface area (Å²) >= 11 is 0. The Hall–Kier alpha value is -3.33. The van der Waals surface area contributed by atoms with Crippen LogP contribution in [0.2, 0.25) is 0 Å². The van der Waals surface area contributed by atoms with E-state index in [9.17, 15) is 39.3 Å². The molecule has 0 aromatic heterocycles. The van der Waals surface area contributed by atoms with Gasteiger partial charge in [0.1, 0.15) is 23.7 Å².